The number of ether oxygens (including phenoxy) is 1. The molecular formula is C20H33N3O4S. The molecule has 1 fully saturated rings. The van der Waals surface area contributed by atoms with Crippen LogP contribution in [0, 0.1) is 0 Å². The molecular weight excluding hydrogens is 378 g/mol. The van der Waals surface area contributed by atoms with E-state index >= 15 is 0 Å². The van der Waals surface area contributed by atoms with E-state index < -0.39 is 10.0 Å². The number of benzene rings is 1. The number of rotatable bonds is 9. The zero-order valence-electron chi connectivity index (χ0n) is 17.3. The summed E-state index contributed by atoms with van der Waals surface area (Å²) >= 11 is 0. The van der Waals surface area contributed by atoms with E-state index in [0.29, 0.717) is 25.2 Å². The van der Waals surface area contributed by atoms with Gasteiger partial charge in [-0.05, 0) is 64.2 Å². The van der Waals surface area contributed by atoms with Crippen molar-refractivity contribution in [2.75, 3.05) is 39.3 Å². The predicted octanol–water partition coefficient (Wildman–Crippen LogP) is 1.95. The van der Waals surface area contributed by atoms with Crippen molar-refractivity contribution in [3.8, 4) is 0 Å². The second-order valence-corrected chi connectivity index (χ2v) is 9.18. The Morgan fingerprint density at radius 1 is 1.14 bits per heavy atom. The molecule has 1 amide bonds. The third-order valence-electron chi connectivity index (χ3n) is 4.97. The summed E-state index contributed by atoms with van der Waals surface area (Å²) in [5, 5.41) is 2.89. The fourth-order valence-corrected chi connectivity index (χ4v) is 4.99. The van der Waals surface area contributed by atoms with Gasteiger partial charge in [0.1, 0.15) is 0 Å². The highest BCUT2D eigenvalue weighted by Crippen LogP contribution is 2.21. The van der Waals surface area contributed by atoms with Crippen LogP contribution < -0.4 is 5.32 Å². The number of carbonyl (C=O) groups is 1. The molecule has 0 radical (unpaired) electrons. The van der Waals surface area contributed by atoms with Gasteiger partial charge in [-0.2, -0.15) is 4.31 Å². The fourth-order valence-electron chi connectivity index (χ4n) is 3.40. The average molecular weight is 412 g/mol. The maximum atomic E-state index is 12.9. The molecule has 0 unspecified atom stereocenters. The molecule has 158 valence electrons. The molecule has 0 aromatic heterocycles. The molecule has 0 bridgehead atoms. The van der Waals surface area contributed by atoms with Crippen LogP contribution >= 0.6 is 0 Å². The van der Waals surface area contributed by atoms with E-state index in [2.05, 4.69) is 24.1 Å². The van der Waals surface area contributed by atoms with Crippen molar-refractivity contribution >= 4 is 15.9 Å². The van der Waals surface area contributed by atoms with Crippen LogP contribution in [0.2, 0.25) is 0 Å². The van der Waals surface area contributed by atoms with Gasteiger partial charge in [0.25, 0.3) is 5.91 Å². The zero-order chi connectivity index (χ0) is 20.7. The van der Waals surface area contributed by atoms with E-state index in [4.69, 9.17) is 4.74 Å². The highest BCUT2D eigenvalue weighted by molar-refractivity contribution is 7.89. The summed E-state index contributed by atoms with van der Waals surface area (Å²) in [6, 6.07) is 6.15. The largest absolute Gasteiger partial charge is 0.373 e. The lowest BCUT2D eigenvalue weighted by atomic mass is 10.2. The molecule has 0 spiro atoms. The van der Waals surface area contributed by atoms with Gasteiger partial charge < -0.3 is 15.0 Å². The topological polar surface area (TPSA) is 79.0 Å². The molecule has 1 N–H and O–H groups in total. The minimum atomic E-state index is -3.59. The molecule has 1 aliphatic rings. The molecule has 1 aliphatic heterocycles. The van der Waals surface area contributed by atoms with Crippen LogP contribution in [0.3, 0.4) is 0 Å². The molecule has 0 aliphatic carbocycles. The Morgan fingerprint density at radius 2 is 1.71 bits per heavy atom. The van der Waals surface area contributed by atoms with Crippen molar-refractivity contribution < 1.29 is 17.9 Å². The van der Waals surface area contributed by atoms with Crippen LogP contribution in [0.25, 0.3) is 0 Å². The number of carbonyl (C=O) groups excluding carboxylic acids is 1. The van der Waals surface area contributed by atoms with Gasteiger partial charge in [0.15, 0.2) is 0 Å². The molecule has 1 aromatic rings. The van der Waals surface area contributed by atoms with E-state index in [1.807, 2.05) is 13.8 Å². The molecule has 1 aromatic carbocycles. The van der Waals surface area contributed by atoms with Crippen LogP contribution in [0.15, 0.2) is 29.2 Å². The third-order valence-corrected chi connectivity index (χ3v) is 6.82. The first-order valence-electron chi connectivity index (χ1n) is 10.0. The molecule has 2 atom stereocenters. The summed E-state index contributed by atoms with van der Waals surface area (Å²) in [4.78, 5) is 14.8. The molecule has 1 saturated heterocycles. The Morgan fingerprint density at radius 3 is 2.25 bits per heavy atom. The van der Waals surface area contributed by atoms with Gasteiger partial charge in [0.2, 0.25) is 10.0 Å². The number of morpholine rings is 1. The van der Waals surface area contributed by atoms with Gasteiger partial charge in [-0.3, -0.25) is 4.79 Å². The first kappa shape index (κ1) is 22.8. The smallest absolute Gasteiger partial charge is 0.251 e. The average Bonchev–Trinajstić information content (AvgIpc) is 2.67. The maximum Gasteiger partial charge on any atom is 0.251 e. The SMILES string of the molecule is CCN(CC)CCCNC(=O)c1ccc(S(=O)(=O)N2C[C@@H](C)O[C@H](C)C2)cc1. The maximum absolute atomic E-state index is 12.9. The van der Waals surface area contributed by atoms with Gasteiger partial charge in [-0.25, -0.2) is 8.42 Å². The molecule has 0 saturated carbocycles. The number of amides is 1. The zero-order valence-corrected chi connectivity index (χ0v) is 18.2. The summed E-state index contributed by atoms with van der Waals surface area (Å²) in [5.74, 6) is -0.183. The van der Waals surface area contributed by atoms with Crippen LogP contribution in [0.4, 0.5) is 0 Å². The van der Waals surface area contributed by atoms with Gasteiger partial charge in [-0.15, -0.1) is 0 Å². The lowest BCUT2D eigenvalue weighted by Gasteiger charge is -2.34. The van der Waals surface area contributed by atoms with E-state index in [0.717, 1.165) is 26.1 Å². The van der Waals surface area contributed by atoms with E-state index in [1.165, 1.54) is 16.4 Å². The van der Waals surface area contributed by atoms with Gasteiger partial charge >= 0.3 is 0 Å². The highest BCUT2D eigenvalue weighted by Gasteiger charge is 2.32. The highest BCUT2D eigenvalue weighted by atomic mass is 32.2. The van der Waals surface area contributed by atoms with E-state index in [1.54, 1.807) is 12.1 Å². The first-order valence-corrected chi connectivity index (χ1v) is 11.5. The summed E-state index contributed by atoms with van der Waals surface area (Å²) in [5.41, 5.74) is 0.463. The van der Waals surface area contributed by atoms with Crippen molar-refractivity contribution in [1.82, 2.24) is 14.5 Å². The summed E-state index contributed by atoms with van der Waals surface area (Å²) in [6.45, 7) is 12.2. The number of hydrogen-bond acceptors (Lipinski definition) is 5. The lowest BCUT2D eigenvalue weighted by Crippen LogP contribution is -2.48. The Balaban J connectivity index is 1.94. The molecule has 28 heavy (non-hydrogen) atoms. The van der Waals surface area contributed by atoms with Crippen LogP contribution in [-0.4, -0.2) is 75.0 Å². The lowest BCUT2D eigenvalue weighted by molar-refractivity contribution is -0.0440. The van der Waals surface area contributed by atoms with E-state index in [9.17, 15) is 13.2 Å². The monoisotopic (exact) mass is 411 g/mol. The van der Waals surface area contributed by atoms with Crippen molar-refractivity contribution in [2.24, 2.45) is 0 Å². The minimum absolute atomic E-state index is 0.139. The van der Waals surface area contributed by atoms with Gasteiger partial charge in [0, 0.05) is 25.2 Å². The number of sulfonamides is 1. The molecule has 7 nitrogen and oxygen atoms in total. The number of hydrogen-bond donors (Lipinski definition) is 1. The molecule has 1 heterocycles. The van der Waals surface area contributed by atoms with Crippen molar-refractivity contribution in [3.63, 3.8) is 0 Å². The quantitative estimate of drug-likeness (QED) is 0.629. The van der Waals surface area contributed by atoms with Crippen LogP contribution in [-0.2, 0) is 14.8 Å². The van der Waals surface area contributed by atoms with E-state index in [-0.39, 0.29) is 23.0 Å². The standard InChI is InChI=1S/C20H33N3O4S/c1-5-22(6-2)13-7-12-21-20(24)18-8-10-19(11-9-18)28(25,26)23-14-16(3)27-17(4)15-23/h8-11,16-17H,5-7,12-15H2,1-4H3,(H,21,24)/t16-,17-/m1/s1. The van der Waals surface area contributed by atoms with Crippen molar-refractivity contribution in [1.29, 1.82) is 0 Å². The fraction of sp³-hybridized carbons (Fsp3) is 0.650. The normalized spacial score (nSPS) is 21.0. The number of nitrogens with one attached hydrogen (secondary N) is 1. The Labute approximate surface area is 169 Å². The summed E-state index contributed by atoms with van der Waals surface area (Å²) < 4.78 is 32.8. The van der Waals surface area contributed by atoms with Gasteiger partial charge in [0.05, 0.1) is 17.1 Å². The minimum Gasteiger partial charge on any atom is -0.373 e. The van der Waals surface area contributed by atoms with Crippen LogP contribution in [0.1, 0.15) is 44.5 Å². The Hall–Kier alpha value is -1.48. The summed E-state index contributed by atoms with van der Waals surface area (Å²) in [6.07, 6.45) is 0.604. The second kappa shape index (κ2) is 10.3. The second-order valence-electron chi connectivity index (χ2n) is 7.24. The summed E-state index contributed by atoms with van der Waals surface area (Å²) in [7, 11) is -3.59. The molecule has 8 heteroatoms. The number of nitrogens with zero attached hydrogens (tertiary/aromatic N) is 2. The van der Waals surface area contributed by atoms with Crippen molar-refractivity contribution in [3.05, 3.63) is 29.8 Å². The Kier molecular flexibility index (Phi) is 8.42. The first-order chi connectivity index (χ1) is 13.3. The Bertz CT molecular complexity index is 722. The van der Waals surface area contributed by atoms with Crippen LogP contribution in [0.5, 0.6) is 0 Å². The van der Waals surface area contributed by atoms with Gasteiger partial charge in [-0.1, -0.05) is 13.8 Å². The van der Waals surface area contributed by atoms with Crippen molar-refractivity contribution in [2.45, 2.75) is 51.2 Å². The predicted molar refractivity (Wildman–Crippen MR) is 110 cm³/mol. The molecule has 2 rings (SSSR count). The third kappa shape index (κ3) is 6.01.